The first kappa shape index (κ1) is 101. The molecule has 6 saturated carbocycles. The monoisotopic (exact) mass is 1720 g/mol. The van der Waals surface area contributed by atoms with Gasteiger partial charge in [-0.3, -0.25) is 4.79 Å². The van der Waals surface area contributed by atoms with Gasteiger partial charge in [-0.1, -0.05) is 171 Å². The third-order valence-electron chi connectivity index (χ3n) is 26.4. The van der Waals surface area contributed by atoms with Crippen molar-refractivity contribution in [2.75, 3.05) is 6.16 Å². The zero-order chi connectivity index (χ0) is 88.1. The van der Waals surface area contributed by atoms with Gasteiger partial charge in [-0.25, -0.2) is 8.78 Å². The van der Waals surface area contributed by atoms with Crippen molar-refractivity contribution in [1.29, 1.82) is 0 Å². The van der Waals surface area contributed by atoms with E-state index < -0.39 is 108 Å². The Morgan fingerprint density at radius 3 is 1.47 bits per heavy atom. The molecule has 26 heteroatoms. The standard InChI is InChI=1S/C33H47F7O3.C30H52F6O3Si2.C27H36FO2PSi/c1-21-23(19-24(41)20-26(21)34)11-10-22-9-6-17-30(5)25(22)12-13-27(30)29(4,15-7-14-28(2,3)42)16-8-18-31(43,32(35,36)37)33(38,39)40;1-25(2,38-40(5,6)7)17-12-18-26(3,24-16-15-22-23(37)14-11-20-27(22,24)4)19-13-21-28(29(31,32)33,30(34,35)36)39-41(8,9)10;1-21-22(19-23(20-26(21)28)30-32(5,6)27(2,3)4)17-18-31(29,24-13-9-7-10-14-24)25-15-11-8-12-16-25/h8,10-11,18,24-27,41-43H,1,6-7,9,12-17,19-20H2,2-5H3;13,21-22,24H,11-12,14-20H2,1-10H3;7-17,23,26H,1,18-20H2,2-6H3/b18-8+,22-10+,23-11-;21-13+;22-17-/t24-,25?,26+,27-,29-,30+;22?,24-,26-,27+;23-,26+/m111/s1. The second-order valence-electron chi connectivity index (χ2n) is 40.0. The van der Waals surface area contributed by atoms with Crippen LogP contribution in [0.5, 0.6) is 0 Å². The molecule has 658 valence electrons. The minimum Gasteiger partial charge on any atom is -0.413 e. The minimum absolute atomic E-state index is 0.000922. The summed E-state index contributed by atoms with van der Waals surface area (Å²) in [4.78, 5) is 12.8. The molecule has 12 atom stereocenters. The number of allylic oxidation sites excluding steroid dienone is 8. The Kier molecular flexibility index (Phi) is 32.6. The van der Waals surface area contributed by atoms with E-state index >= 15 is 0 Å². The number of hydrogen-bond donors (Lipinski definition) is 3. The lowest BCUT2D eigenvalue weighted by atomic mass is 9.55. The van der Waals surface area contributed by atoms with Gasteiger partial charge < -0.3 is 33.2 Å². The smallest absolute Gasteiger partial charge is 0.413 e. The molecule has 116 heavy (non-hydrogen) atoms. The van der Waals surface area contributed by atoms with Gasteiger partial charge in [0, 0.05) is 42.0 Å². The molecule has 8 nitrogen and oxygen atoms in total. The average Bonchev–Trinajstić information content (AvgIpc) is 1.33. The molecule has 0 aromatic heterocycles. The molecule has 0 spiro atoms. The second-order valence-corrected chi connectivity index (χ2v) is 56.5. The van der Waals surface area contributed by atoms with Crippen LogP contribution in [-0.2, 0) is 22.6 Å². The number of halogens is 14. The zero-order valence-corrected chi connectivity index (χ0v) is 76.1. The summed E-state index contributed by atoms with van der Waals surface area (Å²) in [6.45, 7) is 44.7. The molecule has 8 rings (SSSR count). The lowest BCUT2D eigenvalue weighted by Crippen LogP contribution is -2.61. The second kappa shape index (κ2) is 37.6. The summed E-state index contributed by atoms with van der Waals surface area (Å²) < 4.78 is 227. The summed E-state index contributed by atoms with van der Waals surface area (Å²) in [5, 5.41) is 31.7. The molecule has 2 unspecified atom stereocenters. The predicted octanol–water partition coefficient (Wildman–Crippen LogP) is 26.1. The number of aliphatic hydroxyl groups excluding tert-OH is 1. The zero-order valence-electron chi connectivity index (χ0n) is 72.2. The van der Waals surface area contributed by atoms with E-state index in [1.807, 2.05) is 107 Å². The highest BCUT2D eigenvalue weighted by molar-refractivity contribution is 7.78. The number of alkyl halides is 14. The highest BCUT2D eigenvalue weighted by atomic mass is 31.2. The first-order chi connectivity index (χ1) is 52.7. The first-order valence-corrected chi connectivity index (χ1v) is 53.1. The summed E-state index contributed by atoms with van der Waals surface area (Å²) in [6, 6.07) is 19.2. The number of ketones is 1. The van der Waals surface area contributed by atoms with E-state index in [0.29, 0.717) is 80.7 Å². The van der Waals surface area contributed by atoms with Crippen LogP contribution >= 0.6 is 7.14 Å². The van der Waals surface area contributed by atoms with E-state index in [4.69, 9.17) is 13.3 Å². The summed E-state index contributed by atoms with van der Waals surface area (Å²) in [5.41, 5.74) is -9.01. The molecule has 0 heterocycles. The molecule has 2 aromatic rings. The quantitative estimate of drug-likeness (QED) is 0.0350. The van der Waals surface area contributed by atoms with E-state index in [0.717, 1.165) is 92.5 Å². The van der Waals surface area contributed by atoms with Gasteiger partial charge in [-0.15, -0.1) is 0 Å². The molecule has 2 aromatic carbocycles. The highest BCUT2D eigenvalue weighted by Crippen LogP contribution is 2.65. The molecule has 0 radical (unpaired) electrons. The lowest BCUT2D eigenvalue weighted by molar-refractivity contribution is -0.347. The van der Waals surface area contributed by atoms with Crippen molar-refractivity contribution in [3.05, 3.63) is 144 Å². The van der Waals surface area contributed by atoms with Crippen LogP contribution in [0.1, 0.15) is 217 Å². The number of fused-ring (bicyclic) bond motifs is 2. The van der Waals surface area contributed by atoms with Gasteiger partial charge in [0.15, 0.2) is 25.0 Å². The SMILES string of the molecule is C=C1/C(=C\C=C2/CCC[C@@]3(C)C2CC[C@@H]3[C@@](C)(C/C=C/C(O)(C(F)(F)F)C(F)(F)F)CCCC(C)(C)O)C[C@@H](O)C[C@@H]1F.C=C1/C(=C\CP(=O)(c2ccccc2)c2ccccc2)C[C@@H](O[Si](C)(C)C(C)(C)C)C[C@@H]1F.CC(C)(CCC[C@](C)(C/C=C/C(O[Si](C)(C)C)(C(F)(F)F)C(F)(F)F)[C@H]1CCC2C(=O)CCC[C@@]21C)O[Si](C)(C)C. The predicted molar refractivity (Wildman–Crippen MR) is 447 cm³/mol. The third kappa shape index (κ3) is 24.9. The van der Waals surface area contributed by atoms with Crippen LogP contribution in [0, 0.1) is 45.3 Å². The van der Waals surface area contributed by atoms with Gasteiger partial charge in [-0.2, -0.15) is 52.7 Å². The van der Waals surface area contributed by atoms with Crippen LogP contribution in [-0.4, -0.2) is 124 Å². The molecule has 6 aliphatic carbocycles. The van der Waals surface area contributed by atoms with Crippen LogP contribution in [0.25, 0.3) is 0 Å². The molecule has 6 aliphatic rings. The Hall–Kier alpha value is -4.05. The van der Waals surface area contributed by atoms with Crippen molar-refractivity contribution in [3.8, 4) is 0 Å². The van der Waals surface area contributed by atoms with Gasteiger partial charge in [-0.05, 0) is 268 Å². The summed E-state index contributed by atoms with van der Waals surface area (Å²) >= 11 is 0. The van der Waals surface area contributed by atoms with E-state index in [1.165, 1.54) is 25.2 Å². The normalized spacial score (nSPS) is 27.7. The van der Waals surface area contributed by atoms with Crippen molar-refractivity contribution in [2.45, 2.75) is 346 Å². The number of hydrogen-bond acceptors (Lipinski definition) is 8. The van der Waals surface area contributed by atoms with E-state index in [2.05, 4.69) is 80.5 Å². The van der Waals surface area contributed by atoms with E-state index in [1.54, 1.807) is 13.8 Å². The molecule has 0 aliphatic heterocycles. The Morgan fingerprint density at radius 2 is 1.01 bits per heavy atom. The molecule has 0 saturated heterocycles. The van der Waals surface area contributed by atoms with Crippen LogP contribution < -0.4 is 10.6 Å². The van der Waals surface area contributed by atoms with Crippen molar-refractivity contribution < 1.29 is 99.4 Å². The number of carbonyl (C=O) groups excluding carboxylic acids is 1. The van der Waals surface area contributed by atoms with Crippen molar-refractivity contribution in [2.24, 2.45) is 45.3 Å². The number of aliphatic hydroxyl groups is 3. The largest absolute Gasteiger partial charge is 0.429 e. The fourth-order valence-corrected chi connectivity index (χ4v) is 26.5. The Morgan fingerprint density at radius 1 is 0.560 bits per heavy atom. The van der Waals surface area contributed by atoms with E-state index in [-0.39, 0.29) is 82.8 Å². The summed E-state index contributed by atoms with van der Waals surface area (Å²) in [5.74, 6) is 0.223. The number of benzene rings is 2. The molecular formula is C90H135F14O8PSi3. The van der Waals surface area contributed by atoms with Crippen LogP contribution in [0.2, 0.25) is 57.4 Å². The van der Waals surface area contributed by atoms with Gasteiger partial charge in [0.2, 0.25) is 0 Å². The van der Waals surface area contributed by atoms with Gasteiger partial charge in [0.05, 0.1) is 23.4 Å². The maximum atomic E-state index is 14.9. The summed E-state index contributed by atoms with van der Waals surface area (Å²) in [7, 11) is -10.0. The number of rotatable bonds is 27. The topological polar surface area (TPSA) is 123 Å². The van der Waals surface area contributed by atoms with Crippen molar-refractivity contribution in [3.63, 3.8) is 0 Å². The van der Waals surface area contributed by atoms with Crippen LogP contribution in [0.4, 0.5) is 61.5 Å². The average molecular weight is 1730 g/mol. The molecule has 3 N–H and O–H groups in total. The Balaban J connectivity index is 0.000000273. The molecule has 0 bridgehead atoms. The maximum absolute atomic E-state index is 14.9. The number of Topliss-reactive ketones (excluding diaryl/α,β-unsaturated/α-hetero) is 1. The lowest BCUT2D eigenvalue weighted by Gasteiger charge is -2.49. The minimum atomic E-state index is -5.93. The molecule has 6 fully saturated rings. The van der Waals surface area contributed by atoms with Crippen LogP contribution in [0.15, 0.2) is 144 Å². The Bertz CT molecular complexity index is 3770. The van der Waals surface area contributed by atoms with Crippen LogP contribution in [0.3, 0.4) is 0 Å². The molecule has 0 amide bonds. The first-order valence-electron chi connectivity index (χ1n) is 41.5. The number of carbonyl (C=O) groups is 1. The van der Waals surface area contributed by atoms with Crippen molar-refractivity contribution >= 4 is 48.5 Å². The van der Waals surface area contributed by atoms with Crippen molar-refractivity contribution in [1.82, 2.24) is 0 Å². The maximum Gasteiger partial charge on any atom is 0.429 e. The van der Waals surface area contributed by atoms with Gasteiger partial charge in [0.1, 0.15) is 25.3 Å². The highest BCUT2D eigenvalue weighted by Gasteiger charge is 2.72. The van der Waals surface area contributed by atoms with Gasteiger partial charge in [0.25, 0.3) is 11.2 Å². The Labute approximate surface area is 686 Å². The fraction of sp³-hybridized carbons (Fsp3) is 0.700. The third-order valence-corrected chi connectivity index (χ3v) is 35.9. The fourth-order valence-electron chi connectivity index (χ4n) is 19.6. The van der Waals surface area contributed by atoms with Gasteiger partial charge >= 0.3 is 24.7 Å². The molecular weight excluding hydrogens is 1590 g/mol. The van der Waals surface area contributed by atoms with E-state index in [9.17, 15) is 86.1 Å². The summed E-state index contributed by atoms with van der Waals surface area (Å²) in [6.07, 6.45) is -6.13.